The van der Waals surface area contributed by atoms with Gasteiger partial charge in [0.2, 0.25) is 0 Å². The van der Waals surface area contributed by atoms with Crippen molar-refractivity contribution in [3.63, 3.8) is 0 Å². The van der Waals surface area contributed by atoms with Crippen LogP contribution in [0.4, 0.5) is 0 Å². The van der Waals surface area contributed by atoms with E-state index < -0.39 is 0 Å². The molecule has 0 aliphatic heterocycles. The topological polar surface area (TPSA) is 17.1 Å². The predicted octanol–water partition coefficient (Wildman–Crippen LogP) is 4.67. The van der Waals surface area contributed by atoms with E-state index in [-0.39, 0.29) is 5.78 Å². The van der Waals surface area contributed by atoms with E-state index in [9.17, 15) is 4.79 Å². The molecule has 2 heterocycles. The van der Waals surface area contributed by atoms with E-state index in [1.807, 2.05) is 6.07 Å². The molecule has 0 bridgehead atoms. The molecule has 0 atom stereocenters. The van der Waals surface area contributed by atoms with Gasteiger partial charge in [-0.1, -0.05) is 17.7 Å². The molecule has 0 fully saturated rings. The quantitative estimate of drug-likeness (QED) is 0.722. The molecule has 1 nitrogen and oxygen atoms in total. The molecule has 0 radical (unpaired) electrons. The lowest BCUT2D eigenvalue weighted by Crippen LogP contribution is -1.96. The minimum Gasteiger partial charge on any atom is -0.293 e. The third-order valence-electron chi connectivity index (χ3n) is 2.26. The summed E-state index contributed by atoms with van der Waals surface area (Å²) >= 11 is 8.89. The minimum atomic E-state index is 0.202. The van der Waals surface area contributed by atoms with Crippen molar-refractivity contribution in [2.75, 3.05) is 0 Å². The summed E-state index contributed by atoms with van der Waals surface area (Å²) in [7, 11) is 0. The van der Waals surface area contributed by atoms with Crippen molar-refractivity contribution >= 4 is 40.1 Å². The molecule has 16 heavy (non-hydrogen) atoms. The standard InChI is InChI=1S/C12H11ClOS2/c13-12-7-6-11(16-12)10(14)5-1-3-9-4-2-8-15-9/h2,4,6-8H,1,3,5H2. The van der Waals surface area contributed by atoms with Crippen molar-refractivity contribution in [1.29, 1.82) is 0 Å². The fourth-order valence-corrected chi connectivity index (χ4v) is 3.23. The number of carbonyl (C=O) groups excluding carboxylic acids is 1. The molecule has 2 aromatic heterocycles. The second-order valence-corrected chi connectivity index (χ2v) is 6.21. The predicted molar refractivity (Wildman–Crippen MR) is 70.9 cm³/mol. The number of thiophene rings is 2. The van der Waals surface area contributed by atoms with E-state index in [0.29, 0.717) is 10.8 Å². The van der Waals surface area contributed by atoms with Crippen molar-refractivity contribution in [1.82, 2.24) is 0 Å². The highest BCUT2D eigenvalue weighted by Crippen LogP contribution is 2.23. The first kappa shape index (κ1) is 11.8. The van der Waals surface area contributed by atoms with Gasteiger partial charge in [0.15, 0.2) is 5.78 Å². The van der Waals surface area contributed by atoms with Crippen LogP contribution >= 0.6 is 34.3 Å². The van der Waals surface area contributed by atoms with Crippen molar-refractivity contribution in [2.45, 2.75) is 19.3 Å². The van der Waals surface area contributed by atoms with Gasteiger partial charge in [0.25, 0.3) is 0 Å². The summed E-state index contributed by atoms with van der Waals surface area (Å²) in [6.45, 7) is 0. The molecule has 0 aromatic carbocycles. The van der Waals surface area contributed by atoms with Gasteiger partial charge in [0.1, 0.15) is 0 Å². The second-order valence-electron chi connectivity index (χ2n) is 3.46. The summed E-state index contributed by atoms with van der Waals surface area (Å²) in [6.07, 6.45) is 2.51. The van der Waals surface area contributed by atoms with Crippen LogP contribution in [0, 0.1) is 0 Å². The molecule has 0 aliphatic carbocycles. The fourth-order valence-electron chi connectivity index (χ4n) is 1.47. The lowest BCUT2D eigenvalue weighted by atomic mass is 10.1. The number of aryl methyl sites for hydroxylation is 1. The van der Waals surface area contributed by atoms with Crippen molar-refractivity contribution < 1.29 is 4.79 Å². The maximum Gasteiger partial charge on any atom is 0.172 e. The van der Waals surface area contributed by atoms with Gasteiger partial charge in [-0.3, -0.25) is 4.79 Å². The monoisotopic (exact) mass is 270 g/mol. The third-order valence-corrected chi connectivity index (χ3v) is 4.46. The second kappa shape index (κ2) is 5.62. The molecule has 0 amide bonds. The summed E-state index contributed by atoms with van der Waals surface area (Å²) < 4.78 is 0.682. The number of carbonyl (C=O) groups is 1. The van der Waals surface area contributed by atoms with Crippen LogP contribution in [-0.4, -0.2) is 5.78 Å². The number of hydrogen-bond acceptors (Lipinski definition) is 3. The van der Waals surface area contributed by atoms with Crippen LogP contribution in [-0.2, 0) is 6.42 Å². The van der Waals surface area contributed by atoms with Crippen molar-refractivity contribution in [3.05, 3.63) is 43.7 Å². The van der Waals surface area contributed by atoms with Gasteiger partial charge in [0, 0.05) is 11.3 Å². The molecule has 2 aromatic rings. The summed E-state index contributed by atoms with van der Waals surface area (Å²) in [5.74, 6) is 0.202. The van der Waals surface area contributed by atoms with E-state index in [0.717, 1.165) is 17.7 Å². The zero-order valence-corrected chi connectivity index (χ0v) is 11.0. The van der Waals surface area contributed by atoms with E-state index in [2.05, 4.69) is 11.4 Å². The minimum absolute atomic E-state index is 0.202. The first-order chi connectivity index (χ1) is 7.75. The Labute approximate surface area is 108 Å². The highest BCUT2D eigenvalue weighted by atomic mass is 35.5. The van der Waals surface area contributed by atoms with Crippen molar-refractivity contribution in [3.8, 4) is 0 Å². The van der Waals surface area contributed by atoms with E-state index in [4.69, 9.17) is 11.6 Å². The number of rotatable bonds is 5. The van der Waals surface area contributed by atoms with Crippen LogP contribution < -0.4 is 0 Å². The maximum atomic E-state index is 11.7. The fraction of sp³-hybridized carbons (Fsp3) is 0.250. The lowest BCUT2D eigenvalue weighted by molar-refractivity contribution is 0.0984. The van der Waals surface area contributed by atoms with Crippen LogP contribution in [0.5, 0.6) is 0 Å². The Morgan fingerprint density at radius 3 is 2.81 bits per heavy atom. The van der Waals surface area contributed by atoms with Gasteiger partial charge >= 0.3 is 0 Å². The van der Waals surface area contributed by atoms with Crippen LogP contribution in [0.3, 0.4) is 0 Å². The van der Waals surface area contributed by atoms with Gasteiger partial charge in [-0.25, -0.2) is 0 Å². The highest BCUT2D eigenvalue weighted by molar-refractivity contribution is 7.18. The van der Waals surface area contributed by atoms with Gasteiger partial charge in [-0.15, -0.1) is 22.7 Å². The number of halogens is 1. The van der Waals surface area contributed by atoms with E-state index in [1.165, 1.54) is 16.2 Å². The van der Waals surface area contributed by atoms with Crippen molar-refractivity contribution in [2.24, 2.45) is 0 Å². The number of hydrogen-bond donors (Lipinski definition) is 0. The van der Waals surface area contributed by atoms with Gasteiger partial charge in [-0.2, -0.15) is 0 Å². The maximum absolute atomic E-state index is 11.7. The summed E-state index contributed by atoms with van der Waals surface area (Å²) in [6, 6.07) is 7.73. The molecule has 84 valence electrons. The highest BCUT2D eigenvalue weighted by Gasteiger charge is 2.08. The molecule has 2 rings (SSSR count). The zero-order valence-electron chi connectivity index (χ0n) is 8.61. The Kier molecular flexibility index (Phi) is 4.16. The largest absolute Gasteiger partial charge is 0.293 e. The average molecular weight is 271 g/mol. The van der Waals surface area contributed by atoms with E-state index in [1.54, 1.807) is 23.5 Å². The Hall–Kier alpha value is -0.640. The van der Waals surface area contributed by atoms with Crippen LogP contribution in [0.25, 0.3) is 0 Å². The summed E-state index contributed by atoms with van der Waals surface area (Å²) in [4.78, 5) is 13.9. The zero-order chi connectivity index (χ0) is 11.4. The van der Waals surface area contributed by atoms with Gasteiger partial charge < -0.3 is 0 Å². The van der Waals surface area contributed by atoms with Crippen LogP contribution in [0.2, 0.25) is 4.34 Å². The molecule has 4 heteroatoms. The first-order valence-corrected chi connectivity index (χ1v) is 7.14. The molecule has 0 unspecified atom stereocenters. The molecule has 0 N–H and O–H groups in total. The average Bonchev–Trinajstić information content (AvgIpc) is 2.89. The Bertz CT molecular complexity index is 459. The molecule has 0 saturated heterocycles. The smallest absolute Gasteiger partial charge is 0.172 e. The van der Waals surface area contributed by atoms with Crippen LogP contribution in [0.1, 0.15) is 27.4 Å². The Balaban J connectivity index is 1.80. The SMILES string of the molecule is O=C(CCCc1cccs1)c1ccc(Cl)s1. The first-order valence-electron chi connectivity index (χ1n) is 5.06. The number of ketones is 1. The number of Topliss-reactive ketones (excluding diaryl/α,β-unsaturated/α-hetero) is 1. The van der Waals surface area contributed by atoms with Gasteiger partial charge in [0.05, 0.1) is 9.21 Å². The summed E-state index contributed by atoms with van der Waals surface area (Å²) in [5, 5.41) is 2.07. The normalized spacial score (nSPS) is 10.6. The van der Waals surface area contributed by atoms with E-state index >= 15 is 0 Å². The third kappa shape index (κ3) is 3.17. The molecular formula is C12H11ClOS2. The molecule has 0 aliphatic rings. The Morgan fingerprint density at radius 1 is 1.31 bits per heavy atom. The Morgan fingerprint density at radius 2 is 2.19 bits per heavy atom. The molecular weight excluding hydrogens is 260 g/mol. The lowest BCUT2D eigenvalue weighted by Gasteiger charge is -1.97. The summed E-state index contributed by atoms with van der Waals surface area (Å²) in [5.41, 5.74) is 0. The molecule has 0 saturated carbocycles. The van der Waals surface area contributed by atoms with Gasteiger partial charge in [-0.05, 0) is 36.4 Å². The molecule has 0 spiro atoms. The van der Waals surface area contributed by atoms with Crippen LogP contribution in [0.15, 0.2) is 29.6 Å².